The fraction of sp³-hybridized carbons (Fsp3) is 0.125. The van der Waals surface area contributed by atoms with E-state index in [1.807, 2.05) is 24.3 Å². The molecular formula is C16H15BrN2O3. The number of halogens is 1. The lowest BCUT2D eigenvalue weighted by molar-refractivity contribution is 0.0963. The molecular weight excluding hydrogens is 348 g/mol. The monoisotopic (exact) mass is 362 g/mol. The van der Waals surface area contributed by atoms with Crippen LogP contribution in [0, 0.1) is 0 Å². The van der Waals surface area contributed by atoms with Crippen LogP contribution in [0.1, 0.15) is 15.9 Å². The van der Waals surface area contributed by atoms with Gasteiger partial charge in [0.05, 0.1) is 0 Å². The van der Waals surface area contributed by atoms with Crippen LogP contribution in [0.2, 0.25) is 0 Å². The Kier molecular flexibility index (Phi) is 5.55. The largest absolute Gasteiger partial charge is 0.444 e. The van der Waals surface area contributed by atoms with E-state index in [-0.39, 0.29) is 12.5 Å². The maximum absolute atomic E-state index is 11.8. The summed E-state index contributed by atoms with van der Waals surface area (Å²) in [5.41, 5.74) is 1.83. The lowest BCUT2D eigenvalue weighted by Crippen LogP contribution is -2.18. The third-order valence-corrected chi connectivity index (χ3v) is 3.69. The molecule has 2 N–H and O–H groups in total. The average molecular weight is 363 g/mol. The SMILES string of the molecule is CNC(=O)c1cccc(NC(=O)OCc2ccccc2Br)c1. The van der Waals surface area contributed by atoms with Crippen LogP contribution in [0.5, 0.6) is 0 Å². The summed E-state index contributed by atoms with van der Waals surface area (Å²) in [6.07, 6.45) is -0.579. The van der Waals surface area contributed by atoms with Crippen molar-refractivity contribution in [3.05, 3.63) is 64.1 Å². The highest BCUT2D eigenvalue weighted by atomic mass is 79.9. The van der Waals surface area contributed by atoms with Crippen molar-refractivity contribution < 1.29 is 14.3 Å². The molecule has 2 aromatic carbocycles. The van der Waals surface area contributed by atoms with Crippen LogP contribution in [0.3, 0.4) is 0 Å². The summed E-state index contributed by atoms with van der Waals surface area (Å²) in [4.78, 5) is 23.3. The second-order valence-electron chi connectivity index (χ2n) is 4.45. The molecule has 22 heavy (non-hydrogen) atoms. The van der Waals surface area contributed by atoms with Gasteiger partial charge in [-0.05, 0) is 24.3 Å². The molecule has 0 radical (unpaired) electrons. The molecule has 2 amide bonds. The predicted octanol–water partition coefficient (Wildman–Crippen LogP) is 3.56. The van der Waals surface area contributed by atoms with E-state index in [1.54, 1.807) is 31.3 Å². The molecule has 6 heteroatoms. The molecule has 0 bridgehead atoms. The molecule has 0 spiro atoms. The highest BCUT2D eigenvalue weighted by Crippen LogP contribution is 2.17. The number of hydrogen-bond acceptors (Lipinski definition) is 3. The van der Waals surface area contributed by atoms with Gasteiger partial charge in [-0.1, -0.05) is 40.2 Å². The summed E-state index contributed by atoms with van der Waals surface area (Å²) in [6, 6.07) is 14.1. The van der Waals surface area contributed by atoms with Crippen LogP contribution in [0.25, 0.3) is 0 Å². The molecule has 0 aromatic heterocycles. The zero-order valence-electron chi connectivity index (χ0n) is 11.9. The van der Waals surface area contributed by atoms with E-state index < -0.39 is 6.09 Å². The van der Waals surface area contributed by atoms with Crippen LogP contribution in [-0.2, 0) is 11.3 Å². The number of carbonyl (C=O) groups excluding carboxylic acids is 2. The lowest BCUT2D eigenvalue weighted by atomic mass is 10.2. The maximum Gasteiger partial charge on any atom is 0.411 e. The average Bonchev–Trinajstić information content (AvgIpc) is 2.53. The standard InChI is InChI=1S/C16H15BrN2O3/c1-18-15(20)11-6-4-7-13(9-11)19-16(21)22-10-12-5-2-3-8-14(12)17/h2-9H,10H2,1H3,(H,18,20)(H,19,21). The fourth-order valence-corrected chi connectivity index (χ4v) is 2.19. The van der Waals surface area contributed by atoms with Crippen molar-refractivity contribution in [2.24, 2.45) is 0 Å². The number of hydrogen-bond donors (Lipinski definition) is 2. The molecule has 0 fully saturated rings. The summed E-state index contributed by atoms with van der Waals surface area (Å²) in [5, 5.41) is 5.12. The summed E-state index contributed by atoms with van der Waals surface area (Å²) in [5.74, 6) is -0.217. The molecule has 0 aliphatic carbocycles. The summed E-state index contributed by atoms with van der Waals surface area (Å²) < 4.78 is 6.04. The quantitative estimate of drug-likeness (QED) is 0.873. The number of ether oxygens (including phenoxy) is 1. The van der Waals surface area contributed by atoms with E-state index in [2.05, 4.69) is 26.6 Å². The first-order valence-corrected chi connectivity index (χ1v) is 7.39. The van der Waals surface area contributed by atoms with Crippen molar-refractivity contribution in [2.45, 2.75) is 6.61 Å². The summed E-state index contributed by atoms with van der Waals surface area (Å²) >= 11 is 3.39. The minimum absolute atomic E-state index is 0.155. The van der Waals surface area contributed by atoms with E-state index in [1.165, 1.54) is 0 Å². The molecule has 2 rings (SSSR count). The molecule has 0 aliphatic heterocycles. The first-order valence-electron chi connectivity index (χ1n) is 6.59. The molecule has 0 saturated heterocycles. The lowest BCUT2D eigenvalue weighted by Gasteiger charge is -2.09. The van der Waals surface area contributed by atoms with Gasteiger partial charge in [0.25, 0.3) is 5.91 Å². The molecule has 0 heterocycles. The number of anilines is 1. The number of carbonyl (C=O) groups is 2. The van der Waals surface area contributed by atoms with Gasteiger partial charge in [0.1, 0.15) is 6.61 Å². The van der Waals surface area contributed by atoms with Gasteiger partial charge in [-0.25, -0.2) is 4.79 Å². The van der Waals surface area contributed by atoms with E-state index >= 15 is 0 Å². The first kappa shape index (κ1) is 16.0. The minimum atomic E-state index is -0.579. The van der Waals surface area contributed by atoms with Crippen LogP contribution >= 0.6 is 15.9 Å². The molecule has 0 unspecified atom stereocenters. The van der Waals surface area contributed by atoms with E-state index in [0.717, 1.165) is 10.0 Å². The number of benzene rings is 2. The molecule has 0 aliphatic rings. The van der Waals surface area contributed by atoms with Crippen LogP contribution in [0.4, 0.5) is 10.5 Å². The molecule has 114 valence electrons. The summed E-state index contributed by atoms with van der Waals surface area (Å²) in [7, 11) is 1.55. The van der Waals surface area contributed by atoms with Crippen LogP contribution < -0.4 is 10.6 Å². The highest BCUT2D eigenvalue weighted by Gasteiger charge is 2.08. The Bertz CT molecular complexity index is 689. The maximum atomic E-state index is 11.8. The zero-order valence-corrected chi connectivity index (χ0v) is 13.5. The Hall–Kier alpha value is -2.34. The third-order valence-electron chi connectivity index (χ3n) is 2.91. The Morgan fingerprint density at radius 3 is 2.64 bits per heavy atom. The number of rotatable bonds is 4. The van der Waals surface area contributed by atoms with Gasteiger partial charge in [0, 0.05) is 28.3 Å². The molecule has 0 atom stereocenters. The first-order chi connectivity index (χ1) is 10.6. The van der Waals surface area contributed by atoms with Crippen molar-refractivity contribution in [1.29, 1.82) is 0 Å². The predicted molar refractivity (Wildman–Crippen MR) is 87.8 cm³/mol. The van der Waals surface area contributed by atoms with Crippen molar-refractivity contribution in [3.63, 3.8) is 0 Å². The van der Waals surface area contributed by atoms with Gasteiger partial charge < -0.3 is 10.1 Å². The minimum Gasteiger partial charge on any atom is -0.444 e. The molecule has 0 saturated carbocycles. The zero-order chi connectivity index (χ0) is 15.9. The van der Waals surface area contributed by atoms with Gasteiger partial charge in [0.2, 0.25) is 0 Å². The second kappa shape index (κ2) is 7.61. The second-order valence-corrected chi connectivity index (χ2v) is 5.31. The van der Waals surface area contributed by atoms with Gasteiger partial charge in [-0.3, -0.25) is 10.1 Å². The van der Waals surface area contributed by atoms with E-state index in [0.29, 0.717) is 11.3 Å². The van der Waals surface area contributed by atoms with Crippen molar-refractivity contribution in [2.75, 3.05) is 12.4 Å². The Balaban J connectivity index is 1.95. The van der Waals surface area contributed by atoms with Gasteiger partial charge >= 0.3 is 6.09 Å². The van der Waals surface area contributed by atoms with E-state index in [4.69, 9.17) is 4.74 Å². The fourth-order valence-electron chi connectivity index (χ4n) is 1.80. The normalized spacial score (nSPS) is 9.91. The van der Waals surface area contributed by atoms with Crippen molar-refractivity contribution >= 4 is 33.6 Å². The summed E-state index contributed by atoms with van der Waals surface area (Å²) in [6.45, 7) is 0.155. The number of nitrogens with one attached hydrogen (secondary N) is 2. The van der Waals surface area contributed by atoms with Gasteiger partial charge in [-0.2, -0.15) is 0 Å². The van der Waals surface area contributed by atoms with Crippen LogP contribution in [0.15, 0.2) is 53.0 Å². The van der Waals surface area contributed by atoms with Crippen LogP contribution in [-0.4, -0.2) is 19.0 Å². The Labute approximate surface area is 136 Å². The molecule has 5 nitrogen and oxygen atoms in total. The van der Waals surface area contributed by atoms with Crippen molar-refractivity contribution in [1.82, 2.24) is 5.32 Å². The topological polar surface area (TPSA) is 67.4 Å². The highest BCUT2D eigenvalue weighted by molar-refractivity contribution is 9.10. The number of amides is 2. The third kappa shape index (κ3) is 4.33. The smallest absolute Gasteiger partial charge is 0.411 e. The van der Waals surface area contributed by atoms with Gasteiger partial charge in [-0.15, -0.1) is 0 Å². The Morgan fingerprint density at radius 1 is 1.14 bits per heavy atom. The van der Waals surface area contributed by atoms with Gasteiger partial charge in [0.15, 0.2) is 0 Å². The molecule has 2 aromatic rings. The van der Waals surface area contributed by atoms with E-state index in [9.17, 15) is 9.59 Å². The Morgan fingerprint density at radius 2 is 1.91 bits per heavy atom. The van der Waals surface area contributed by atoms with Crippen molar-refractivity contribution in [3.8, 4) is 0 Å².